The number of rotatable bonds is 6. The van der Waals surface area contributed by atoms with E-state index in [2.05, 4.69) is 20.5 Å². The van der Waals surface area contributed by atoms with Crippen LogP contribution in [-0.4, -0.2) is 72.2 Å². The molecular weight excluding hydrogens is 567 g/mol. The SMILES string of the molecule is CN1CCN(Cc2ccc(C(=O)NC3C4Oc5ccc(Oc6ccnc7c6COC(=O)N7)cc5C34)cc2C(F)(F)F)CC1. The number of amides is 2. The number of pyridine rings is 1. The molecule has 1 saturated heterocycles. The number of fused-ring (bicyclic) bond motifs is 4. The van der Waals surface area contributed by atoms with E-state index in [0.717, 1.165) is 24.7 Å². The average molecular weight is 596 g/mol. The van der Waals surface area contributed by atoms with E-state index in [1.807, 2.05) is 18.0 Å². The van der Waals surface area contributed by atoms with Crippen molar-refractivity contribution in [1.82, 2.24) is 20.1 Å². The van der Waals surface area contributed by atoms with Gasteiger partial charge in [0.15, 0.2) is 0 Å². The largest absolute Gasteiger partial charge is 0.487 e. The Morgan fingerprint density at radius 1 is 1.14 bits per heavy atom. The van der Waals surface area contributed by atoms with Crippen LogP contribution in [0.15, 0.2) is 48.7 Å². The number of halogens is 3. The molecule has 3 aliphatic heterocycles. The predicted molar refractivity (Wildman–Crippen MR) is 147 cm³/mol. The van der Waals surface area contributed by atoms with Gasteiger partial charge in [-0.1, -0.05) is 6.07 Å². The lowest BCUT2D eigenvalue weighted by molar-refractivity contribution is -0.138. The van der Waals surface area contributed by atoms with Gasteiger partial charge in [0.25, 0.3) is 5.91 Å². The van der Waals surface area contributed by atoms with Crippen LogP contribution >= 0.6 is 0 Å². The second kappa shape index (κ2) is 10.4. The van der Waals surface area contributed by atoms with Gasteiger partial charge in [0.05, 0.1) is 23.1 Å². The van der Waals surface area contributed by atoms with Crippen molar-refractivity contribution in [2.24, 2.45) is 0 Å². The fourth-order valence-corrected chi connectivity index (χ4v) is 5.89. The number of ether oxygens (including phenoxy) is 3. The van der Waals surface area contributed by atoms with Crippen molar-refractivity contribution < 1.29 is 37.0 Å². The summed E-state index contributed by atoms with van der Waals surface area (Å²) in [6.45, 7) is 3.16. The third-order valence-corrected chi connectivity index (χ3v) is 8.33. The van der Waals surface area contributed by atoms with Crippen LogP contribution in [0.5, 0.6) is 17.2 Å². The standard InChI is InChI=1S/C30H28F3N5O5/c1-37-8-10-38(11-9-37)14-17-3-2-16(12-21(17)30(31,32)33)28(39)35-25-24-19-13-18(4-5-22(19)43-26(24)25)42-23-6-7-34-27-20(23)15-41-29(40)36-27/h2-7,12-13,24-26H,8-11,14-15H2,1H3,(H,35,39)(H,34,36,40). The Hall–Kier alpha value is -4.36. The van der Waals surface area contributed by atoms with E-state index in [1.54, 1.807) is 18.2 Å². The highest BCUT2D eigenvalue weighted by molar-refractivity contribution is 5.95. The maximum Gasteiger partial charge on any atom is 0.416 e. The van der Waals surface area contributed by atoms with E-state index in [9.17, 15) is 22.8 Å². The highest BCUT2D eigenvalue weighted by Crippen LogP contribution is 2.54. The maximum absolute atomic E-state index is 14.0. The number of nitrogens with zero attached hydrogens (tertiary/aromatic N) is 3. The summed E-state index contributed by atoms with van der Waals surface area (Å²) in [6.07, 6.45) is -3.97. The van der Waals surface area contributed by atoms with Crippen molar-refractivity contribution in [1.29, 1.82) is 0 Å². The van der Waals surface area contributed by atoms with Crippen LogP contribution in [0.3, 0.4) is 0 Å². The van der Waals surface area contributed by atoms with E-state index < -0.39 is 23.7 Å². The van der Waals surface area contributed by atoms with Gasteiger partial charge in [-0.15, -0.1) is 0 Å². The number of benzene rings is 2. The molecule has 3 atom stereocenters. The summed E-state index contributed by atoms with van der Waals surface area (Å²) in [5, 5.41) is 5.39. The fraction of sp³-hybridized carbons (Fsp3) is 0.367. The predicted octanol–water partition coefficient (Wildman–Crippen LogP) is 4.36. The van der Waals surface area contributed by atoms with Crippen LogP contribution in [0.2, 0.25) is 0 Å². The smallest absolute Gasteiger partial charge is 0.416 e. The van der Waals surface area contributed by atoms with Crippen molar-refractivity contribution in [3.8, 4) is 17.2 Å². The molecule has 1 aliphatic carbocycles. The molecule has 10 nitrogen and oxygen atoms in total. The summed E-state index contributed by atoms with van der Waals surface area (Å²) in [7, 11) is 1.99. The van der Waals surface area contributed by atoms with Crippen LogP contribution in [0.4, 0.5) is 23.8 Å². The van der Waals surface area contributed by atoms with E-state index in [-0.39, 0.29) is 42.3 Å². The molecule has 0 spiro atoms. The molecule has 2 aromatic carbocycles. The van der Waals surface area contributed by atoms with Crippen molar-refractivity contribution >= 4 is 17.8 Å². The van der Waals surface area contributed by atoms with Crippen LogP contribution < -0.4 is 20.1 Å². The number of alkyl halides is 3. The number of cyclic esters (lactones) is 1. The van der Waals surface area contributed by atoms with Crippen LogP contribution in [0.25, 0.3) is 0 Å². The highest BCUT2D eigenvalue weighted by atomic mass is 19.4. The minimum Gasteiger partial charge on any atom is -0.487 e. The van der Waals surface area contributed by atoms with Gasteiger partial charge in [-0.05, 0) is 49.0 Å². The molecule has 224 valence electrons. The first kappa shape index (κ1) is 27.5. The van der Waals surface area contributed by atoms with Gasteiger partial charge in [-0.25, -0.2) is 9.78 Å². The number of nitrogens with one attached hydrogen (secondary N) is 2. The van der Waals surface area contributed by atoms with E-state index in [4.69, 9.17) is 14.2 Å². The summed E-state index contributed by atoms with van der Waals surface area (Å²) in [4.78, 5) is 32.9. The average Bonchev–Trinajstić information content (AvgIpc) is 3.49. The molecule has 1 aromatic heterocycles. The zero-order valence-corrected chi connectivity index (χ0v) is 23.1. The third kappa shape index (κ3) is 5.34. The molecule has 1 saturated carbocycles. The Labute approximate surface area is 244 Å². The lowest BCUT2D eigenvalue weighted by atomic mass is 10.0. The molecule has 4 heterocycles. The van der Waals surface area contributed by atoms with Crippen LogP contribution in [0.1, 0.15) is 38.5 Å². The van der Waals surface area contributed by atoms with Crippen molar-refractivity contribution in [3.05, 3.63) is 76.5 Å². The van der Waals surface area contributed by atoms with Gasteiger partial charge in [-0.2, -0.15) is 13.2 Å². The Balaban J connectivity index is 1.04. The quantitative estimate of drug-likeness (QED) is 0.434. The fourth-order valence-electron chi connectivity index (χ4n) is 5.89. The molecule has 4 aliphatic rings. The third-order valence-electron chi connectivity index (χ3n) is 8.33. The lowest BCUT2D eigenvalue weighted by Gasteiger charge is -2.33. The van der Waals surface area contributed by atoms with Gasteiger partial charge in [0, 0.05) is 50.0 Å². The molecule has 13 heteroatoms. The second-order valence-electron chi connectivity index (χ2n) is 11.2. The molecule has 3 unspecified atom stereocenters. The van der Waals surface area contributed by atoms with E-state index >= 15 is 0 Å². The molecule has 2 N–H and O–H groups in total. The van der Waals surface area contributed by atoms with Crippen molar-refractivity contribution in [3.63, 3.8) is 0 Å². The van der Waals surface area contributed by atoms with E-state index in [0.29, 0.717) is 41.7 Å². The van der Waals surface area contributed by atoms with Gasteiger partial charge in [-0.3, -0.25) is 15.0 Å². The van der Waals surface area contributed by atoms with Crippen LogP contribution in [0, 0.1) is 0 Å². The Morgan fingerprint density at radius 2 is 1.95 bits per heavy atom. The zero-order chi connectivity index (χ0) is 29.9. The van der Waals surface area contributed by atoms with Crippen molar-refractivity contribution in [2.45, 2.75) is 37.4 Å². The summed E-state index contributed by atoms with van der Waals surface area (Å²) in [5.74, 6) is 1.26. The normalized spacial score (nSPS) is 22.8. The maximum atomic E-state index is 14.0. The number of anilines is 1. The summed E-state index contributed by atoms with van der Waals surface area (Å²) in [5.41, 5.74) is 0.751. The molecule has 2 amide bonds. The molecule has 43 heavy (non-hydrogen) atoms. The summed E-state index contributed by atoms with van der Waals surface area (Å²) >= 11 is 0. The molecule has 0 bridgehead atoms. The molecule has 2 fully saturated rings. The van der Waals surface area contributed by atoms with Crippen LogP contribution in [-0.2, 0) is 24.1 Å². The first-order valence-electron chi connectivity index (χ1n) is 14.0. The Morgan fingerprint density at radius 3 is 2.74 bits per heavy atom. The van der Waals surface area contributed by atoms with Gasteiger partial charge >= 0.3 is 12.3 Å². The minimum atomic E-state index is -4.58. The van der Waals surface area contributed by atoms with Gasteiger partial charge in [0.2, 0.25) is 0 Å². The number of hydrogen-bond donors (Lipinski definition) is 2. The van der Waals surface area contributed by atoms with Crippen molar-refractivity contribution in [2.75, 3.05) is 38.5 Å². The Kier molecular flexibility index (Phi) is 6.66. The van der Waals surface area contributed by atoms with Gasteiger partial charge in [0.1, 0.15) is 35.8 Å². The lowest BCUT2D eigenvalue weighted by Crippen LogP contribution is -2.44. The highest BCUT2D eigenvalue weighted by Gasteiger charge is 2.59. The number of aromatic nitrogens is 1. The topological polar surface area (TPSA) is 105 Å². The monoisotopic (exact) mass is 595 g/mol. The summed E-state index contributed by atoms with van der Waals surface area (Å²) < 4.78 is 59.2. The summed E-state index contributed by atoms with van der Waals surface area (Å²) in [6, 6.07) is 10.4. The first-order valence-corrected chi connectivity index (χ1v) is 14.0. The number of carbonyl (C=O) groups is 2. The minimum absolute atomic E-state index is 0.0179. The molecule has 3 aromatic rings. The second-order valence-corrected chi connectivity index (χ2v) is 11.2. The molecule has 0 radical (unpaired) electrons. The zero-order valence-electron chi connectivity index (χ0n) is 23.1. The van der Waals surface area contributed by atoms with Gasteiger partial charge < -0.3 is 24.4 Å². The Bertz CT molecular complexity index is 1610. The number of piperazine rings is 1. The number of hydrogen-bond acceptors (Lipinski definition) is 8. The molecule has 7 rings (SSSR count). The molecular formula is C30H28F3N5O5. The number of likely N-dealkylation sites (N-methyl/N-ethyl adjacent to an activating group) is 1. The first-order chi connectivity index (χ1) is 20.6. The van der Waals surface area contributed by atoms with E-state index in [1.165, 1.54) is 18.3 Å². The number of carbonyl (C=O) groups excluding carboxylic acids is 2.